The van der Waals surface area contributed by atoms with Crippen molar-refractivity contribution in [3.8, 4) is 0 Å². The Kier molecular flexibility index (Phi) is 5.53. The van der Waals surface area contributed by atoms with Crippen LogP contribution in [-0.2, 0) is 0 Å². The number of nitrogens with zero attached hydrogens (tertiary/aromatic N) is 1. The van der Waals surface area contributed by atoms with Crippen LogP contribution in [0, 0.1) is 5.92 Å². The van der Waals surface area contributed by atoms with E-state index in [-0.39, 0.29) is 6.10 Å². The monoisotopic (exact) mass is 237 g/mol. The van der Waals surface area contributed by atoms with Gasteiger partial charge < -0.3 is 10.0 Å². The Labute approximate surface area is 106 Å². The molecule has 17 heavy (non-hydrogen) atoms. The third kappa shape index (κ3) is 4.81. The van der Waals surface area contributed by atoms with E-state index in [4.69, 9.17) is 0 Å². The first-order chi connectivity index (χ1) is 8.34. The maximum atomic E-state index is 9.66. The first-order valence-electron chi connectivity index (χ1n) is 7.40. The fraction of sp³-hybridized carbons (Fsp3) is 0.867. The number of aliphatic hydroxyl groups excluding tert-OH is 1. The first kappa shape index (κ1) is 13.1. The molecule has 0 aromatic rings. The molecule has 1 N–H and O–H groups in total. The lowest BCUT2D eigenvalue weighted by atomic mass is 9.93. The molecule has 2 unspecified atom stereocenters. The lowest BCUT2D eigenvalue weighted by Crippen LogP contribution is -2.31. The zero-order valence-electron chi connectivity index (χ0n) is 11.0. The Bertz CT molecular complexity index is 239. The third-order valence-electron chi connectivity index (χ3n) is 4.20. The minimum atomic E-state index is -0.0414. The maximum absolute atomic E-state index is 9.66. The highest BCUT2D eigenvalue weighted by Crippen LogP contribution is 2.21. The molecule has 2 rings (SSSR count). The van der Waals surface area contributed by atoms with Gasteiger partial charge in [0, 0.05) is 13.1 Å². The van der Waals surface area contributed by atoms with Crippen molar-refractivity contribution in [2.75, 3.05) is 19.6 Å². The molecule has 0 bridgehead atoms. The zero-order valence-corrected chi connectivity index (χ0v) is 11.0. The number of aliphatic hydroxyl groups is 1. The topological polar surface area (TPSA) is 23.5 Å². The number of allylic oxidation sites excluding steroid dienone is 2. The SMILES string of the molecule is OC1CCCN(CC2CC/C=C\CCC2)CC1. The molecule has 0 aromatic heterocycles. The number of likely N-dealkylation sites (tertiary alicyclic amines) is 1. The zero-order chi connectivity index (χ0) is 11.9. The molecule has 98 valence electrons. The molecule has 1 aliphatic heterocycles. The molecule has 0 saturated carbocycles. The summed E-state index contributed by atoms with van der Waals surface area (Å²) >= 11 is 0. The summed E-state index contributed by atoms with van der Waals surface area (Å²) in [5.41, 5.74) is 0. The van der Waals surface area contributed by atoms with Crippen LogP contribution in [0.5, 0.6) is 0 Å². The second-order valence-electron chi connectivity index (χ2n) is 5.73. The van der Waals surface area contributed by atoms with Crippen LogP contribution < -0.4 is 0 Å². The smallest absolute Gasteiger partial charge is 0.0553 e. The average molecular weight is 237 g/mol. The summed E-state index contributed by atoms with van der Waals surface area (Å²) in [6.07, 6.45) is 14.5. The van der Waals surface area contributed by atoms with Crippen molar-refractivity contribution in [3.05, 3.63) is 12.2 Å². The summed E-state index contributed by atoms with van der Waals surface area (Å²) in [5, 5.41) is 9.66. The number of hydrogen-bond acceptors (Lipinski definition) is 2. The second-order valence-corrected chi connectivity index (χ2v) is 5.73. The summed E-state index contributed by atoms with van der Waals surface area (Å²) in [4.78, 5) is 2.59. The van der Waals surface area contributed by atoms with Crippen LogP contribution in [0.15, 0.2) is 12.2 Å². The number of rotatable bonds is 2. The summed E-state index contributed by atoms with van der Waals surface area (Å²) in [6.45, 7) is 3.57. The van der Waals surface area contributed by atoms with Gasteiger partial charge in [-0.2, -0.15) is 0 Å². The molecule has 0 radical (unpaired) electrons. The van der Waals surface area contributed by atoms with Gasteiger partial charge in [-0.15, -0.1) is 0 Å². The lowest BCUT2D eigenvalue weighted by molar-refractivity contribution is 0.152. The van der Waals surface area contributed by atoms with E-state index in [1.54, 1.807) is 0 Å². The molecule has 1 heterocycles. The molecule has 2 atom stereocenters. The summed E-state index contributed by atoms with van der Waals surface area (Å²) in [5.74, 6) is 0.884. The van der Waals surface area contributed by atoms with Gasteiger partial charge in [0.2, 0.25) is 0 Å². The van der Waals surface area contributed by atoms with Gasteiger partial charge >= 0.3 is 0 Å². The number of hydrogen-bond donors (Lipinski definition) is 1. The highest BCUT2D eigenvalue weighted by molar-refractivity contribution is 4.85. The van der Waals surface area contributed by atoms with Crippen molar-refractivity contribution >= 4 is 0 Å². The average Bonchev–Trinajstić information content (AvgIpc) is 2.47. The predicted molar refractivity (Wildman–Crippen MR) is 72.0 cm³/mol. The predicted octanol–water partition coefficient (Wildman–Crippen LogP) is 2.97. The van der Waals surface area contributed by atoms with Crippen molar-refractivity contribution in [2.24, 2.45) is 5.92 Å². The van der Waals surface area contributed by atoms with E-state index in [0.29, 0.717) is 0 Å². The van der Waals surface area contributed by atoms with E-state index >= 15 is 0 Å². The molecule has 1 saturated heterocycles. The molecule has 1 aliphatic carbocycles. The summed E-state index contributed by atoms with van der Waals surface area (Å²) in [6, 6.07) is 0. The molecule has 0 aromatic carbocycles. The van der Waals surface area contributed by atoms with E-state index < -0.39 is 0 Å². The van der Waals surface area contributed by atoms with Crippen molar-refractivity contribution in [2.45, 2.75) is 57.5 Å². The molecular weight excluding hydrogens is 210 g/mol. The Hall–Kier alpha value is -0.340. The van der Waals surface area contributed by atoms with Gasteiger partial charge in [0.25, 0.3) is 0 Å². The highest BCUT2D eigenvalue weighted by Gasteiger charge is 2.18. The molecule has 0 spiro atoms. The van der Waals surface area contributed by atoms with Gasteiger partial charge in [0.1, 0.15) is 0 Å². The van der Waals surface area contributed by atoms with Crippen molar-refractivity contribution in [1.29, 1.82) is 0 Å². The van der Waals surface area contributed by atoms with Crippen molar-refractivity contribution in [1.82, 2.24) is 4.90 Å². The van der Waals surface area contributed by atoms with Gasteiger partial charge in [-0.25, -0.2) is 0 Å². The van der Waals surface area contributed by atoms with Gasteiger partial charge in [-0.3, -0.25) is 0 Å². The fourth-order valence-corrected chi connectivity index (χ4v) is 3.10. The van der Waals surface area contributed by atoms with E-state index in [1.165, 1.54) is 51.6 Å². The van der Waals surface area contributed by atoms with E-state index in [2.05, 4.69) is 17.1 Å². The Balaban J connectivity index is 1.76. The fourth-order valence-electron chi connectivity index (χ4n) is 3.10. The van der Waals surface area contributed by atoms with Crippen LogP contribution in [0.2, 0.25) is 0 Å². The molecule has 1 fully saturated rings. The largest absolute Gasteiger partial charge is 0.393 e. The lowest BCUT2D eigenvalue weighted by Gasteiger charge is -2.26. The van der Waals surface area contributed by atoms with Gasteiger partial charge in [0.15, 0.2) is 0 Å². The normalized spacial score (nSPS) is 34.6. The van der Waals surface area contributed by atoms with Crippen LogP contribution >= 0.6 is 0 Å². The van der Waals surface area contributed by atoms with Crippen LogP contribution in [-0.4, -0.2) is 35.7 Å². The van der Waals surface area contributed by atoms with Crippen LogP contribution in [0.25, 0.3) is 0 Å². The maximum Gasteiger partial charge on any atom is 0.0553 e. The molecule has 0 amide bonds. The van der Waals surface area contributed by atoms with Crippen LogP contribution in [0.1, 0.15) is 51.4 Å². The summed E-state index contributed by atoms with van der Waals surface area (Å²) in [7, 11) is 0. The third-order valence-corrected chi connectivity index (χ3v) is 4.20. The Morgan fingerprint density at radius 3 is 2.76 bits per heavy atom. The standard InChI is InChI=1S/C15H27NO/c17-15-9-6-11-16(12-10-15)13-14-7-4-2-1-3-5-8-14/h1-2,14-15,17H,3-13H2/b2-1-. The quantitative estimate of drug-likeness (QED) is 0.746. The Morgan fingerprint density at radius 1 is 0.941 bits per heavy atom. The van der Waals surface area contributed by atoms with Crippen LogP contribution in [0.4, 0.5) is 0 Å². The second kappa shape index (κ2) is 7.17. The van der Waals surface area contributed by atoms with E-state index in [1.807, 2.05) is 0 Å². The van der Waals surface area contributed by atoms with Crippen molar-refractivity contribution < 1.29 is 5.11 Å². The minimum Gasteiger partial charge on any atom is -0.393 e. The van der Waals surface area contributed by atoms with Crippen molar-refractivity contribution in [3.63, 3.8) is 0 Å². The summed E-state index contributed by atoms with van der Waals surface area (Å²) < 4.78 is 0. The molecule has 2 aliphatic rings. The van der Waals surface area contributed by atoms with Gasteiger partial charge in [0.05, 0.1) is 6.10 Å². The molecule has 2 nitrogen and oxygen atoms in total. The Morgan fingerprint density at radius 2 is 1.82 bits per heavy atom. The van der Waals surface area contributed by atoms with Gasteiger partial charge in [-0.05, 0) is 63.8 Å². The minimum absolute atomic E-state index is 0.0414. The van der Waals surface area contributed by atoms with E-state index in [0.717, 1.165) is 25.3 Å². The molecule has 2 heteroatoms. The van der Waals surface area contributed by atoms with Gasteiger partial charge in [-0.1, -0.05) is 12.2 Å². The molecular formula is C15H27NO. The first-order valence-corrected chi connectivity index (χ1v) is 7.40. The highest BCUT2D eigenvalue weighted by atomic mass is 16.3. The van der Waals surface area contributed by atoms with E-state index in [9.17, 15) is 5.11 Å². The van der Waals surface area contributed by atoms with Crippen LogP contribution in [0.3, 0.4) is 0 Å².